The van der Waals surface area contributed by atoms with Gasteiger partial charge in [-0.15, -0.1) is 0 Å². The predicted octanol–water partition coefficient (Wildman–Crippen LogP) is 1.15. The van der Waals surface area contributed by atoms with Gasteiger partial charge in [-0.05, 0) is 18.2 Å². The summed E-state index contributed by atoms with van der Waals surface area (Å²) in [5, 5.41) is 9.73. The molecule has 0 fully saturated rings. The molecule has 1 aromatic rings. The Morgan fingerprint density at radius 2 is 2.31 bits per heavy atom. The first-order valence-corrected chi connectivity index (χ1v) is 5.06. The lowest BCUT2D eigenvalue weighted by Gasteiger charge is -2.07. The summed E-state index contributed by atoms with van der Waals surface area (Å²) in [5.41, 5.74) is 0.522. The molecule has 1 heterocycles. The molecule has 0 saturated carbocycles. The SMILES string of the molecule is CN(C)/C=C/C(=O)CC(O)c1ccccn1. The number of aliphatic hydroxyl groups excluding tert-OH is 1. The van der Waals surface area contributed by atoms with Crippen molar-refractivity contribution in [3.63, 3.8) is 0 Å². The minimum atomic E-state index is -0.833. The maximum atomic E-state index is 11.4. The van der Waals surface area contributed by atoms with Crippen LogP contribution in [0.25, 0.3) is 0 Å². The Labute approximate surface area is 95.2 Å². The van der Waals surface area contributed by atoms with E-state index in [0.29, 0.717) is 5.69 Å². The van der Waals surface area contributed by atoms with E-state index in [0.717, 1.165) is 0 Å². The summed E-state index contributed by atoms with van der Waals surface area (Å²) in [6.45, 7) is 0. The van der Waals surface area contributed by atoms with E-state index in [1.165, 1.54) is 6.08 Å². The summed E-state index contributed by atoms with van der Waals surface area (Å²) in [7, 11) is 3.66. The first-order chi connectivity index (χ1) is 7.59. The van der Waals surface area contributed by atoms with Crippen molar-refractivity contribution in [3.05, 3.63) is 42.4 Å². The number of allylic oxidation sites excluding steroid dienone is 1. The van der Waals surface area contributed by atoms with Crippen molar-refractivity contribution in [2.75, 3.05) is 14.1 Å². The number of aromatic nitrogens is 1. The summed E-state index contributed by atoms with van der Waals surface area (Å²) in [6, 6.07) is 5.25. The molecule has 86 valence electrons. The molecule has 1 aromatic heterocycles. The summed E-state index contributed by atoms with van der Waals surface area (Å²) < 4.78 is 0. The standard InChI is InChI=1S/C12H16N2O2/c1-14(2)8-6-10(15)9-12(16)11-5-3-4-7-13-11/h3-8,12,16H,9H2,1-2H3/b8-6+. The zero-order chi connectivity index (χ0) is 12.0. The van der Waals surface area contributed by atoms with Crippen LogP contribution in [0.5, 0.6) is 0 Å². The lowest BCUT2D eigenvalue weighted by Crippen LogP contribution is -2.07. The molecular formula is C12H16N2O2. The fraction of sp³-hybridized carbons (Fsp3) is 0.333. The molecule has 1 unspecified atom stereocenters. The third-order valence-electron chi connectivity index (χ3n) is 1.98. The topological polar surface area (TPSA) is 53.4 Å². The van der Waals surface area contributed by atoms with Crippen molar-refractivity contribution in [1.29, 1.82) is 0 Å². The Morgan fingerprint density at radius 1 is 1.56 bits per heavy atom. The molecule has 1 N–H and O–H groups in total. The molecule has 0 aliphatic rings. The number of hydrogen-bond acceptors (Lipinski definition) is 4. The van der Waals surface area contributed by atoms with Crippen LogP contribution in [0.3, 0.4) is 0 Å². The van der Waals surface area contributed by atoms with Crippen LogP contribution in [0.1, 0.15) is 18.2 Å². The van der Waals surface area contributed by atoms with Gasteiger partial charge in [-0.1, -0.05) is 6.07 Å². The van der Waals surface area contributed by atoms with Crippen molar-refractivity contribution >= 4 is 5.78 Å². The molecule has 0 aliphatic carbocycles. The smallest absolute Gasteiger partial charge is 0.160 e. The average molecular weight is 220 g/mol. The van der Waals surface area contributed by atoms with Crippen molar-refractivity contribution in [2.24, 2.45) is 0 Å². The van der Waals surface area contributed by atoms with Gasteiger partial charge in [0.05, 0.1) is 5.69 Å². The normalized spacial score (nSPS) is 12.7. The van der Waals surface area contributed by atoms with Gasteiger partial charge in [0.25, 0.3) is 0 Å². The number of nitrogens with zero attached hydrogens (tertiary/aromatic N) is 2. The predicted molar refractivity (Wildman–Crippen MR) is 61.6 cm³/mol. The Hall–Kier alpha value is -1.68. The quantitative estimate of drug-likeness (QED) is 0.756. The Bertz CT molecular complexity index is 361. The molecular weight excluding hydrogens is 204 g/mol. The molecule has 1 rings (SSSR count). The van der Waals surface area contributed by atoms with Gasteiger partial charge in [-0.2, -0.15) is 0 Å². The number of hydrogen-bond donors (Lipinski definition) is 1. The molecule has 0 radical (unpaired) electrons. The highest BCUT2D eigenvalue weighted by Crippen LogP contribution is 2.13. The highest BCUT2D eigenvalue weighted by molar-refractivity contribution is 5.89. The maximum Gasteiger partial charge on any atom is 0.160 e. The van der Waals surface area contributed by atoms with E-state index in [1.807, 2.05) is 14.1 Å². The number of aliphatic hydroxyl groups is 1. The second-order valence-corrected chi connectivity index (χ2v) is 3.72. The van der Waals surface area contributed by atoms with Gasteiger partial charge in [0.1, 0.15) is 6.10 Å². The van der Waals surface area contributed by atoms with E-state index in [2.05, 4.69) is 4.98 Å². The molecule has 0 aromatic carbocycles. The molecule has 0 aliphatic heterocycles. The average Bonchev–Trinajstić information content (AvgIpc) is 2.27. The molecule has 0 bridgehead atoms. The van der Waals surface area contributed by atoms with Crippen molar-refractivity contribution < 1.29 is 9.90 Å². The number of pyridine rings is 1. The molecule has 0 saturated heterocycles. The van der Waals surface area contributed by atoms with Crippen LogP contribution in [0, 0.1) is 0 Å². The van der Waals surface area contributed by atoms with Gasteiger partial charge in [-0.25, -0.2) is 0 Å². The molecule has 0 amide bonds. The van der Waals surface area contributed by atoms with Gasteiger partial charge in [-0.3, -0.25) is 9.78 Å². The number of carbonyl (C=O) groups is 1. The molecule has 16 heavy (non-hydrogen) atoms. The zero-order valence-electron chi connectivity index (χ0n) is 9.50. The molecule has 0 spiro atoms. The van der Waals surface area contributed by atoms with Crippen molar-refractivity contribution in [1.82, 2.24) is 9.88 Å². The van der Waals surface area contributed by atoms with E-state index >= 15 is 0 Å². The number of rotatable bonds is 5. The molecule has 1 atom stereocenters. The van der Waals surface area contributed by atoms with Gasteiger partial charge >= 0.3 is 0 Å². The third kappa shape index (κ3) is 4.23. The van der Waals surface area contributed by atoms with Crippen molar-refractivity contribution in [3.8, 4) is 0 Å². The van der Waals surface area contributed by atoms with Crippen LogP contribution >= 0.6 is 0 Å². The highest BCUT2D eigenvalue weighted by Gasteiger charge is 2.11. The zero-order valence-corrected chi connectivity index (χ0v) is 9.50. The van der Waals surface area contributed by atoms with Gasteiger partial charge in [0.2, 0.25) is 0 Å². The minimum Gasteiger partial charge on any atom is -0.386 e. The number of carbonyl (C=O) groups excluding carboxylic acids is 1. The number of ketones is 1. The van der Waals surface area contributed by atoms with Crippen LogP contribution in [0.4, 0.5) is 0 Å². The lowest BCUT2D eigenvalue weighted by atomic mass is 10.1. The van der Waals surface area contributed by atoms with E-state index in [1.54, 1.807) is 35.5 Å². The monoisotopic (exact) mass is 220 g/mol. The van der Waals surface area contributed by atoms with E-state index in [9.17, 15) is 9.90 Å². The van der Waals surface area contributed by atoms with Crippen LogP contribution in [-0.2, 0) is 4.79 Å². The van der Waals surface area contributed by atoms with Crippen LogP contribution in [0.15, 0.2) is 36.7 Å². The van der Waals surface area contributed by atoms with E-state index in [-0.39, 0.29) is 12.2 Å². The maximum absolute atomic E-state index is 11.4. The summed E-state index contributed by atoms with van der Waals surface area (Å²) in [4.78, 5) is 17.2. The minimum absolute atomic E-state index is 0.0569. The van der Waals surface area contributed by atoms with Crippen LogP contribution in [0.2, 0.25) is 0 Å². The second-order valence-electron chi connectivity index (χ2n) is 3.72. The summed E-state index contributed by atoms with van der Waals surface area (Å²) in [6.07, 6.45) is 3.93. The van der Waals surface area contributed by atoms with Gasteiger partial charge in [0, 0.05) is 32.9 Å². The Balaban J connectivity index is 2.52. The first-order valence-electron chi connectivity index (χ1n) is 5.06. The second kappa shape index (κ2) is 6.02. The molecule has 4 heteroatoms. The van der Waals surface area contributed by atoms with Crippen molar-refractivity contribution in [2.45, 2.75) is 12.5 Å². The van der Waals surface area contributed by atoms with Crippen LogP contribution in [-0.4, -0.2) is 34.9 Å². The van der Waals surface area contributed by atoms with E-state index in [4.69, 9.17) is 0 Å². The van der Waals surface area contributed by atoms with Crippen LogP contribution < -0.4 is 0 Å². The first kappa shape index (κ1) is 12.4. The third-order valence-corrected chi connectivity index (χ3v) is 1.98. The van der Waals surface area contributed by atoms with Gasteiger partial charge in [0.15, 0.2) is 5.78 Å². The Morgan fingerprint density at radius 3 is 2.88 bits per heavy atom. The molecule has 4 nitrogen and oxygen atoms in total. The highest BCUT2D eigenvalue weighted by atomic mass is 16.3. The summed E-state index contributed by atoms with van der Waals surface area (Å²) >= 11 is 0. The Kier molecular flexibility index (Phi) is 4.66. The lowest BCUT2D eigenvalue weighted by molar-refractivity contribution is -0.116. The largest absolute Gasteiger partial charge is 0.386 e. The summed E-state index contributed by atoms with van der Waals surface area (Å²) in [5.74, 6) is -0.119. The fourth-order valence-electron chi connectivity index (χ4n) is 1.17. The van der Waals surface area contributed by atoms with E-state index < -0.39 is 6.10 Å². The fourth-order valence-corrected chi connectivity index (χ4v) is 1.17. The van der Waals surface area contributed by atoms with Gasteiger partial charge < -0.3 is 10.0 Å².